The van der Waals surface area contributed by atoms with Crippen LogP contribution in [0, 0.1) is 0 Å². The van der Waals surface area contributed by atoms with E-state index in [1.54, 1.807) is 0 Å². The van der Waals surface area contributed by atoms with Crippen molar-refractivity contribution >= 4 is 31.9 Å². The molecule has 0 aliphatic rings. The van der Waals surface area contributed by atoms with Crippen molar-refractivity contribution in [3.63, 3.8) is 0 Å². The Labute approximate surface area is 477 Å². The predicted octanol–water partition coefficient (Wildman–Crippen LogP) is 7.08. The average molecular weight is 1410 g/mol. The van der Waals surface area contributed by atoms with Crippen LogP contribution in [0.1, 0.15) is 188 Å². The zero-order valence-corrected chi connectivity index (χ0v) is 56.4. The molecule has 0 saturated carbocycles. The van der Waals surface area contributed by atoms with Gasteiger partial charge in [-0.15, -0.1) is 0 Å². The van der Waals surface area contributed by atoms with Crippen LogP contribution < -0.4 is 42.5 Å². The first-order valence-electron chi connectivity index (χ1n) is 28.2. The molecule has 0 radical (unpaired) electrons. The van der Waals surface area contributed by atoms with Crippen molar-refractivity contribution in [2.24, 2.45) is 0 Å². The van der Waals surface area contributed by atoms with E-state index in [-0.39, 0.29) is 23.6 Å². The van der Waals surface area contributed by atoms with Crippen molar-refractivity contribution in [3.05, 3.63) is 0 Å². The quantitative estimate of drug-likeness (QED) is 0.0288. The van der Waals surface area contributed by atoms with Gasteiger partial charge in [0, 0.05) is 91.5 Å². The van der Waals surface area contributed by atoms with E-state index in [9.17, 15) is 19.2 Å². The van der Waals surface area contributed by atoms with Gasteiger partial charge in [0.15, 0.2) is 0 Å². The van der Waals surface area contributed by atoms with E-state index in [0.29, 0.717) is 71.7 Å². The van der Waals surface area contributed by atoms with Crippen LogP contribution in [0.2, 0.25) is 0 Å². The summed E-state index contributed by atoms with van der Waals surface area (Å²) in [7, 11) is 0. The average Bonchev–Trinajstić information content (AvgIpc) is 3.38. The normalized spacial score (nSPS) is 9.51. The van der Waals surface area contributed by atoms with Crippen LogP contribution in [0.25, 0.3) is 0 Å². The molecule has 0 atom stereocenters. The second-order valence-electron chi connectivity index (χ2n) is 15.4. The van der Waals surface area contributed by atoms with Gasteiger partial charge in [-0.2, -0.15) is 0 Å². The topological polar surface area (TPSA) is 220 Å². The van der Waals surface area contributed by atoms with E-state index < -0.39 is 0 Å². The number of carbonyl (C=O) groups is 4. The maximum atomic E-state index is 11.2. The van der Waals surface area contributed by atoms with E-state index >= 15 is 0 Å². The van der Waals surface area contributed by atoms with E-state index in [1.165, 1.54) is 53.4 Å². The van der Waals surface area contributed by atoms with Crippen LogP contribution in [0.4, 0.5) is 0 Å². The van der Waals surface area contributed by atoms with Crippen LogP contribution in [0.3, 0.4) is 0 Å². The van der Waals surface area contributed by atoms with E-state index in [1.807, 2.05) is 41.5 Å². The first-order chi connectivity index (χ1) is 35.7. The van der Waals surface area contributed by atoms with Crippen LogP contribution in [-0.4, -0.2) is 164 Å². The monoisotopic (exact) mass is 1410 g/mol. The van der Waals surface area contributed by atoms with E-state index in [4.69, 9.17) is 28.4 Å². The molecule has 0 fully saturated rings. The number of ether oxygens (including phenoxy) is 6. The van der Waals surface area contributed by atoms with Gasteiger partial charge in [-0.25, -0.2) is 0 Å². The Balaban J connectivity index is -0.000000115. The third-order valence-electron chi connectivity index (χ3n) is 7.46. The second-order valence-corrected chi connectivity index (χ2v) is 18.3. The van der Waals surface area contributed by atoms with E-state index in [0.717, 1.165) is 131 Å². The van der Waals surface area contributed by atoms with Gasteiger partial charge >= 0.3 is 147 Å². The molecular formula is C54H120N8O10W2. The number of carbonyl (C=O) groups excluding carboxylic acids is 4. The summed E-state index contributed by atoms with van der Waals surface area (Å²) in [6.07, 6.45) is 10.7. The fraction of sp³-hybridized carbons (Fsp3) is 0.889. The minimum absolute atomic E-state index is 0.0335. The zero-order chi connectivity index (χ0) is 58.0. The summed E-state index contributed by atoms with van der Waals surface area (Å²) < 4.78 is 33.6. The van der Waals surface area contributed by atoms with Crippen molar-refractivity contribution in [3.8, 4) is 0 Å². The van der Waals surface area contributed by atoms with Crippen LogP contribution in [0.15, 0.2) is 0 Å². The summed E-state index contributed by atoms with van der Waals surface area (Å²) in [6.45, 7) is 48.0. The molecule has 0 aromatic carbocycles. The van der Waals surface area contributed by atoms with Crippen molar-refractivity contribution in [2.75, 3.05) is 132 Å². The number of amides is 4. The first kappa shape index (κ1) is 89.2. The molecule has 0 aliphatic heterocycles. The molecule has 0 aromatic heterocycles. The fourth-order valence-corrected chi connectivity index (χ4v) is 6.06. The minimum atomic E-state index is 0.0335. The summed E-state index contributed by atoms with van der Waals surface area (Å²) in [4.78, 5) is 43.0. The van der Waals surface area contributed by atoms with Gasteiger partial charge in [-0.1, -0.05) is 75.7 Å². The zero-order valence-electron chi connectivity index (χ0n) is 50.5. The van der Waals surface area contributed by atoms with E-state index in [2.05, 4.69) is 112 Å². The van der Waals surface area contributed by atoms with Gasteiger partial charge < -0.3 is 45.0 Å². The summed E-state index contributed by atoms with van der Waals surface area (Å²) in [5.74, 6) is 0.322. The molecule has 0 aromatic rings. The summed E-state index contributed by atoms with van der Waals surface area (Å²) in [6, 6.07) is 0. The molecule has 0 unspecified atom stereocenters. The number of rotatable bonds is 40. The van der Waals surface area contributed by atoms with Crippen LogP contribution in [0.5, 0.6) is 0 Å². The SMILES string of the molecule is CCC.CCCOCCC.CCCOCCC(=O)NCC.CCCOCCNC(=O)CC.CCCOCCNC(=O)CCOCCC.CCCOCCN[C](=[W])NCC.CCNC(=O)CC.CCN[C](=[W])NCC. The molecule has 0 bridgehead atoms. The molecule has 0 rings (SSSR count). The maximum absolute atomic E-state index is 11.2. The Morgan fingerprint density at radius 2 is 0.500 bits per heavy atom. The molecule has 448 valence electrons. The van der Waals surface area contributed by atoms with Gasteiger partial charge in [0.1, 0.15) is 0 Å². The Morgan fingerprint density at radius 3 is 0.770 bits per heavy atom. The Bertz CT molecular complexity index is 1100. The molecule has 0 spiro atoms. The van der Waals surface area contributed by atoms with Gasteiger partial charge in [-0.3, -0.25) is 19.2 Å². The Kier molecular flexibility index (Phi) is 110. The van der Waals surface area contributed by atoms with Gasteiger partial charge in [0.25, 0.3) is 0 Å². The Morgan fingerprint density at radius 1 is 0.284 bits per heavy atom. The molecule has 18 nitrogen and oxygen atoms in total. The number of hydrogen-bond donors (Lipinski definition) is 8. The molecule has 4 amide bonds. The summed E-state index contributed by atoms with van der Waals surface area (Å²) >= 11 is 2.92. The van der Waals surface area contributed by atoms with Crippen molar-refractivity contribution < 1.29 is 86.3 Å². The summed E-state index contributed by atoms with van der Waals surface area (Å²) in [5.41, 5.74) is 0. The molecule has 20 heteroatoms. The molecular weight excluding hydrogens is 1290 g/mol. The van der Waals surface area contributed by atoms with Gasteiger partial charge in [0.05, 0.1) is 26.4 Å². The standard InChI is InChI=1S/C11H23NO3.C8H18N2O.2C8H17NO2.C6H14O.C5H12N2.C5H11NO.C3H8.2W/c1-3-7-14-9-5-11(13)12-6-10-15-8-4-2;1-3-6-11-7-5-10-8-9-4-2;1-3-6-11-7-5-8(10)9-4-2;1-3-6-11-7-5-9-8(10)4-2;1-3-5-7-6-4-2;1-3-6-5-7-4-2;1-3-5(7)6-4-2;1-3-2;;/h3-10H2,1-2H3,(H,12,13);9-10H,3-7H2,1-2H3;2*3-7H2,1-2H3,(H,9,10);3-6H2,1-2H3;6-7H,3-4H2,1-2H3;3-4H2,1-2H3,(H,6,7);3H2,1-2H3;;. The first-order valence-corrected chi connectivity index (χ1v) is 31.2. The molecule has 0 saturated heterocycles. The van der Waals surface area contributed by atoms with Gasteiger partial charge in [0.2, 0.25) is 23.6 Å². The number of hydrogen-bond acceptors (Lipinski definition) is 14. The molecule has 74 heavy (non-hydrogen) atoms. The molecule has 0 heterocycles. The number of nitrogens with one attached hydrogen (secondary N) is 8. The Hall–Kier alpha value is -1.40. The fourth-order valence-electron chi connectivity index (χ4n) is 4.14. The predicted molar refractivity (Wildman–Crippen MR) is 305 cm³/mol. The third kappa shape index (κ3) is 115. The van der Waals surface area contributed by atoms with Crippen molar-refractivity contribution in [2.45, 2.75) is 188 Å². The second kappa shape index (κ2) is 91.1. The summed E-state index contributed by atoms with van der Waals surface area (Å²) in [5, 5.41) is 23.7. The third-order valence-corrected chi connectivity index (χ3v) is 9.53. The van der Waals surface area contributed by atoms with Gasteiger partial charge in [-0.05, 0) is 52.4 Å². The molecule has 0 aliphatic carbocycles. The van der Waals surface area contributed by atoms with Crippen LogP contribution in [-0.2, 0) is 86.3 Å². The van der Waals surface area contributed by atoms with Crippen molar-refractivity contribution in [1.29, 1.82) is 0 Å². The molecule has 8 N–H and O–H groups in total. The van der Waals surface area contributed by atoms with Crippen LogP contribution >= 0.6 is 0 Å². The van der Waals surface area contributed by atoms with Crippen molar-refractivity contribution in [1.82, 2.24) is 42.5 Å².